The van der Waals surface area contributed by atoms with Crippen LogP contribution in [0.4, 0.5) is 27.9 Å². The number of nitrogens with one attached hydrogen (secondary N) is 5. The van der Waals surface area contributed by atoms with E-state index in [9.17, 15) is 19.2 Å². The first-order chi connectivity index (χ1) is 30.8. The fourth-order valence-corrected chi connectivity index (χ4v) is 6.80. The standard InChI is InChI=1S/C43H47FN14O5/c1-61-20-21-63-19-14-47-38(59)35(23-28-6-8-29(25-45)9-7-28)53-43-55-41(49-26-36-51-33-11-10-31(44)24-34(33)52-36)54-42(56-43)50-32-5-3-4-30(22-32)27-57-15-17-58(18-16-57)40(60)37-39(62-2)48-13-12-46-37/h3-13,22,24,35H,14-21,23,26-27H2,1-2H3,(H,47,59)(H,51,52)(H3,49,50,53,54,55,56). The molecule has 1 saturated heterocycles. The van der Waals surface area contributed by atoms with Gasteiger partial charge in [0.25, 0.3) is 5.91 Å². The van der Waals surface area contributed by atoms with E-state index < -0.39 is 6.04 Å². The monoisotopic (exact) mass is 858 g/mol. The third kappa shape index (κ3) is 12.2. The van der Waals surface area contributed by atoms with Gasteiger partial charge in [-0.3, -0.25) is 14.5 Å². The van der Waals surface area contributed by atoms with E-state index in [4.69, 9.17) is 14.2 Å². The van der Waals surface area contributed by atoms with Gasteiger partial charge in [0, 0.05) is 70.9 Å². The number of methoxy groups -OCH3 is 2. The summed E-state index contributed by atoms with van der Waals surface area (Å²) in [5, 5.41) is 21.9. The van der Waals surface area contributed by atoms with Crippen molar-refractivity contribution in [3.63, 3.8) is 0 Å². The number of benzene rings is 3. The molecule has 2 amide bonds. The second kappa shape index (κ2) is 21.4. The van der Waals surface area contributed by atoms with E-state index in [1.807, 2.05) is 24.3 Å². The van der Waals surface area contributed by atoms with Crippen molar-refractivity contribution in [2.45, 2.75) is 25.6 Å². The summed E-state index contributed by atoms with van der Waals surface area (Å²) >= 11 is 0. The number of piperazine rings is 1. The lowest BCUT2D eigenvalue weighted by Gasteiger charge is -2.34. The number of fused-ring (bicyclic) bond motifs is 1. The van der Waals surface area contributed by atoms with E-state index in [1.54, 1.807) is 42.3 Å². The highest BCUT2D eigenvalue weighted by Crippen LogP contribution is 2.22. The third-order valence-corrected chi connectivity index (χ3v) is 9.97. The summed E-state index contributed by atoms with van der Waals surface area (Å²) in [6, 6.07) is 20.4. The van der Waals surface area contributed by atoms with Crippen molar-refractivity contribution in [2.75, 3.05) is 82.7 Å². The molecule has 1 fully saturated rings. The number of hydrogen-bond acceptors (Lipinski definition) is 16. The summed E-state index contributed by atoms with van der Waals surface area (Å²) in [5.74, 6) is 0.274. The average molecular weight is 859 g/mol. The number of aromatic nitrogens is 7. The Balaban J connectivity index is 1.08. The number of ether oxygens (including phenoxy) is 3. The first kappa shape index (κ1) is 43.7. The summed E-state index contributed by atoms with van der Waals surface area (Å²) in [6.07, 6.45) is 3.21. The number of imidazole rings is 1. The molecule has 6 aromatic rings. The molecule has 0 spiro atoms. The molecular weight excluding hydrogens is 812 g/mol. The molecule has 326 valence electrons. The molecule has 1 aliphatic heterocycles. The Labute approximate surface area is 362 Å². The molecule has 0 bridgehead atoms. The topological polar surface area (TPSA) is 233 Å². The van der Waals surface area contributed by atoms with Gasteiger partial charge < -0.3 is 45.4 Å². The van der Waals surface area contributed by atoms with Crippen LogP contribution in [0.2, 0.25) is 0 Å². The maximum Gasteiger partial charge on any atom is 0.278 e. The van der Waals surface area contributed by atoms with Crippen molar-refractivity contribution >= 4 is 46.4 Å². The summed E-state index contributed by atoms with van der Waals surface area (Å²) in [5.41, 5.74) is 4.38. The first-order valence-electron chi connectivity index (χ1n) is 20.2. The Bertz CT molecular complexity index is 2530. The van der Waals surface area contributed by atoms with Gasteiger partial charge in [-0.15, -0.1) is 0 Å². The van der Waals surface area contributed by atoms with Crippen molar-refractivity contribution in [3.8, 4) is 11.9 Å². The number of halogens is 1. The lowest BCUT2D eigenvalue weighted by Crippen LogP contribution is -2.48. The van der Waals surface area contributed by atoms with Crippen molar-refractivity contribution in [3.05, 3.63) is 113 Å². The Morgan fingerprint density at radius 1 is 0.889 bits per heavy atom. The minimum absolute atomic E-state index is 0.106. The molecule has 1 aliphatic rings. The van der Waals surface area contributed by atoms with Crippen LogP contribution in [-0.2, 0) is 33.8 Å². The smallest absolute Gasteiger partial charge is 0.278 e. The number of hydrogen-bond donors (Lipinski definition) is 5. The van der Waals surface area contributed by atoms with Crippen LogP contribution in [0.1, 0.15) is 33.0 Å². The van der Waals surface area contributed by atoms with Crippen LogP contribution >= 0.6 is 0 Å². The van der Waals surface area contributed by atoms with Gasteiger partial charge in [-0.25, -0.2) is 19.3 Å². The Morgan fingerprint density at radius 2 is 1.68 bits per heavy atom. The molecule has 3 aromatic heterocycles. The van der Waals surface area contributed by atoms with Crippen LogP contribution in [0.15, 0.2) is 79.1 Å². The molecule has 20 heteroatoms. The van der Waals surface area contributed by atoms with E-state index in [-0.39, 0.29) is 73.2 Å². The van der Waals surface area contributed by atoms with Crippen LogP contribution < -0.4 is 26.0 Å². The Morgan fingerprint density at radius 3 is 2.48 bits per heavy atom. The highest BCUT2D eigenvalue weighted by Gasteiger charge is 2.26. The fourth-order valence-electron chi connectivity index (χ4n) is 6.80. The zero-order valence-corrected chi connectivity index (χ0v) is 34.8. The number of amides is 2. The number of aromatic amines is 1. The number of nitriles is 1. The molecule has 0 aliphatic carbocycles. The summed E-state index contributed by atoms with van der Waals surface area (Å²) in [4.78, 5) is 60.8. The van der Waals surface area contributed by atoms with Gasteiger partial charge in [-0.2, -0.15) is 20.2 Å². The number of nitrogens with zero attached hydrogens (tertiary/aromatic N) is 9. The summed E-state index contributed by atoms with van der Waals surface area (Å²) < 4.78 is 29.7. The fraction of sp³-hybridized carbons (Fsp3) is 0.326. The minimum atomic E-state index is -0.841. The lowest BCUT2D eigenvalue weighted by atomic mass is 10.0. The Kier molecular flexibility index (Phi) is 14.9. The van der Waals surface area contributed by atoms with Gasteiger partial charge in [0.2, 0.25) is 29.6 Å². The number of rotatable bonds is 20. The number of carbonyl (C=O) groups excluding carboxylic acids is 2. The Hall–Kier alpha value is -7.34. The molecule has 1 atom stereocenters. The molecule has 19 nitrogen and oxygen atoms in total. The minimum Gasteiger partial charge on any atom is -0.479 e. The van der Waals surface area contributed by atoms with E-state index in [0.717, 1.165) is 11.1 Å². The predicted octanol–water partition coefficient (Wildman–Crippen LogP) is 3.67. The predicted molar refractivity (Wildman–Crippen MR) is 231 cm³/mol. The van der Waals surface area contributed by atoms with Crippen molar-refractivity contribution in [1.29, 1.82) is 5.26 Å². The molecule has 0 saturated carbocycles. The SMILES string of the molecule is COCCOCCNC(=O)C(Cc1ccc(C#N)cc1)Nc1nc(NCc2nc3ccc(F)cc3[nH]2)nc(Nc2cccc(CN3CCN(C(=O)c4nccnc4OC)CC3)c2)n1. The van der Waals surface area contributed by atoms with Crippen molar-refractivity contribution in [1.82, 2.24) is 50.0 Å². The molecule has 0 radical (unpaired) electrons. The molecule has 4 heterocycles. The highest BCUT2D eigenvalue weighted by atomic mass is 19.1. The van der Waals surface area contributed by atoms with Crippen LogP contribution in [0.3, 0.4) is 0 Å². The van der Waals surface area contributed by atoms with E-state index >= 15 is 0 Å². The maximum absolute atomic E-state index is 13.9. The second-order valence-electron chi connectivity index (χ2n) is 14.4. The number of carbonyl (C=O) groups is 2. The van der Waals surface area contributed by atoms with Gasteiger partial charge in [-0.1, -0.05) is 24.3 Å². The molecular formula is C43H47FN14O5. The quantitative estimate of drug-likeness (QED) is 0.0689. The zero-order valence-electron chi connectivity index (χ0n) is 34.8. The van der Waals surface area contributed by atoms with Crippen LogP contribution in [0.25, 0.3) is 11.0 Å². The highest BCUT2D eigenvalue weighted by molar-refractivity contribution is 5.94. The largest absolute Gasteiger partial charge is 0.479 e. The molecule has 7 rings (SSSR count). The van der Waals surface area contributed by atoms with E-state index in [2.05, 4.69) is 67.1 Å². The van der Waals surface area contributed by atoms with Crippen LogP contribution in [0, 0.1) is 17.1 Å². The third-order valence-electron chi connectivity index (χ3n) is 9.97. The lowest BCUT2D eigenvalue weighted by molar-refractivity contribution is -0.122. The van der Waals surface area contributed by atoms with Crippen LogP contribution in [-0.4, -0.2) is 129 Å². The molecule has 3 aromatic carbocycles. The molecule has 5 N–H and O–H groups in total. The van der Waals surface area contributed by atoms with Gasteiger partial charge in [0.1, 0.15) is 17.7 Å². The average Bonchev–Trinajstić information content (AvgIpc) is 3.71. The van der Waals surface area contributed by atoms with E-state index in [0.29, 0.717) is 74.0 Å². The van der Waals surface area contributed by atoms with Gasteiger partial charge in [0.05, 0.1) is 56.1 Å². The number of anilines is 4. The van der Waals surface area contributed by atoms with Gasteiger partial charge in [0.15, 0.2) is 5.69 Å². The molecule has 1 unspecified atom stereocenters. The van der Waals surface area contributed by atoms with Crippen molar-refractivity contribution in [2.24, 2.45) is 0 Å². The van der Waals surface area contributed by atoms with Gasteiger partial charge in [-0.05, 0) is 53.6 Å². The number of H-pyrrole nitrogens is 1. The van der Waals surface area contributed by atoms with Crippen LogP contribution in [0.5, 0.6) is 5.88 Å². The van der Waals surface area contributed by atoms with E-state index in [1.165, 1.54) is 31.6 Å². The normalized spacial score (nSPS) is 13.3. The first-order valence-corrected chi connectivity index (χ1v) is 20.2. The molecule has 63 heavy (non-hydrogen) atoms. The second-order valence-corrected chi connectivity index (χ2v) is 14.4. The summed E-state index contributed by atoms with van der Waals surface area (Å²) in [7, 11) is 3.05. The van der Waals surface area contributed by atoms with Gasteiger partial charge >= 0.3 is 0 Å². The zero-order chi connectivity index (χ0) is 44.0. The summed E-state index contributed by atoms with van der Waals surface area (Å²) in [6.45, 7) is 4.52. The maximum atomic E-state index is 13.9. The van der Waals surface area contributed by atoms with Crippen molar-refractivity contribution < 1.29 is 28.2 Å².